The fourth-order valence-corrected chi connectivity index (χ4v) is 3.63. The van der Waals surface area contributed by atoms with E-state index in [9.17, 15) is 13.5 Å². The van der Waals surface area contributed by atoms with Crippen LogP contribution in [0.5, 0.6) is 0 Å². The molecule has 1 fully saturated rings. The summed E-state index contributed by atoms with van der Waals surface area (Å²) in [5.41, 5.74) is 0.742. The fourth-order valence-electron chi connectivity index (χ4n) is 2.68. The molecule has 2 rings (SSSR count). The Morgan fingerprint density at radius 1 is 1.30 bits per heavy atom. The summed E-state index contributed by atoms with van der Waals surface area (Å²) < 4.78 is 26.5. The largest absolute Gasteiger partial charge is 0.393 e. The zero-order valence-corrected chi connectivity index (χ0v) is 12.7. The van der Waals surface area contributed by atoms with Gasteiger partial charge in [-0.05, 0) is 44.9 Å². The van der Waals surface area contributed by atoms with E-state index in [-0.39, 0.29) is 6.10 Å². The summed E-state index contributed by atoms with van der Waals surface area (Å²) in [5.74, 6) is 0.305. The summed E-state index contributed by atoms with van der Waals surface area (Å²) in [5, 5.41) is 9.63. The summed E-state index contributed by atoms with van der Waals surface area (Å²) in [6, 6.07) is 7.05. The van der Waals surface area contributed by atoms with Crippen LogP contribution in [-0.4, -0.2) is 39.8 Å². The summed E-state index contributed by atoms with van der Waals surface area (Å²) in [7, 11) is -2.03. The molecule has 0 saturated carbocycles. The van der Waals surface area contributed by atoms with Crippen LogP contribution in [0.3, 0.4) is 0 Å². The van der Waals surface area contributed by atoms with Gasteiger partial charge in [0.05, 0.1) is 11.8 Å². The minimum atomic E-state index is -3.45. The Morgan fingerprint density at radius 2 is 1.90 bits per heavy atom. The van der Waals surface area contributed by atoms with Crippen molar-refractivity contribution < 1.29 is 13.5 Å². The van der Waals surface area contributed by atoms with Gasteiger partial charge in [-0.3, -0.25) is 0 Å². The molecule has 0 aliphatic carbocycles. The van der Waals surface area contributed by atoms with Crippen molar-refractivity contribution in [2.45, 2.75) is 30.8 Å². The Labute approximate surface area is 120 Å². The van der Waals surface area contributed by atoms with Gasteiger partial charge in [0.1, 0.15) is 4.90 Å². The third kappa shape index (κ3) is 3.13. The van der Waals surface area contributed by atoms with Crippen LogP contribution in [-0.2, 0) is 10.0 Å². The summed E-state index contributed by atoms with van der Waals surface area (Å²) in [6.07, 6.45) is 1.46. The maximum Gasteiger partial charge on any atom is 0.242 e. The molecule has 0 radical (unpaired) electrons. The number of nitrogens with zero attached hydrogens (tertiary/aromatic N) is 1. The second kappa shape index (κ2) is 6.11. The van der Waals surface area contributed by atoms with E-state index in [0.717, 1.165) is 31.6 Å². The van der Waals surface area contributed by atoms with Gasteiger partial charge >= 0.3 is 0 Å². The molecule has 1 heterocycles. The molecule has 0 aromatic heterocycles. The number of rotatable bonds is 4. The number of aliphatic hydroxyl groups is 1. The summed E-state index contributed by atoms with van der Waals surface area (Å²) >= 11 is 0. The standard InChI is InChI=1S/C14H22N2O3S/c1-11(17)12-7-9-16(10-8-12)13-5-3-4-6-14(13)20(18,19)15-2/h3-6,11-12,15,17H,7-10H2,1-2H3. The lowest BCUT2D eigenvalue weighted by molar-refractivity contribution is 0.110. The lowest BCUT2D eigenvalue weighted by Crippen LogP contribution is -2.38. The van der Waals surface area contributed by atoms with Crippen molar-refractivity contribution in [3.63, 3.8) is 0 Å². The van der Waals surface area contributed by atoms with Crippen LogP contribution in [0.25, 0.3) is 0 Å². The highest BCUT2D eigenvalue weighted by Gasteiger charge is 2.26. The van der Waals surface area contributed by atoms with Gasteiger partial charge in [-0.15, -0.1) is 0 Å². The van der Waals surface area contributed by atoms with Gasteiger partial charge in [0.15, 0.2) is 0 Å². The van der Waals surface area contributed by atoms with E-state index < -0.39 is 10.0 Å². The Bertz CT molecular complexity index is 549. The molecule has 2 N–H and O–H groups in total. The first-order valence-corrected chi connectivity index (χ1v) is 8.39. The topological polar surface area (TPSA) is 69.6 Å². The molecule has 1 saturated heterocycles. The Hall–Kier alpha value is -1.11. The van der Waals surface area contributed by atoms with Gasteiger partial charge in [-0.1, -0.05) is 12.1 Å². The molecule has 1 aromatic carbocycles. The van der Waals surface area contributed by atoms with Gasteiger partial charge in [0.2, 0.25) is 10.0 Å². The highest BCUT2D eigenvalue weighted by molar-refractivity contribution is 7.89. The van der Waals surface area contributed by atoms with Gasteiger partial charge in [-0.2, -0.15) is 0 Å². The van der Waals surface area contributed by atoms with E-state index in [4.69, 9.17) is 0 Å². The highest BCUT2D eigenvalue weighted by Crippen LogP contribution is 2.29. The average Bonchev–Trinajstić information content (AvgIpc) is 2.47. The molecule has 0 amide bonds. The molecule has 1 atom stereocenters. The van der Waals surface area contributed by atoms with Crippen LogP contribution in [0.4, 0.5) is 5.69 Å². The van der Waals surface area contributed by atoms with Crippen molar-refractivity contribution in [3.8, 4) is 0 Å². The number of nitrogens with one attached hydrogen (secondary N) is 1. The molecule has 1 aliphatic rings. The predicted molar refractivity (Wildman–Crippen MR) is 79.3 cm³/mol. The highest BCUT2D eigenvalue weighted by atomic mass is 32.2. The second-order valence-corrected chi connectivity index (χ2v) is 7.10. The van der Waals surface area contributed by atoms with E-state index in [1.165, 1.54) is 7.05 Å². The molecule has 112 valence electrons. The SMILES string of the molecule is CNS(=O)(=O)c1ccccc1N1CCC(C(C)O)CC1. The number of sulfonamides is 1. The Balaban J connectivity index is 2.23. The molecule has 1 aliphatic heterocycles. The molecule has 6 heteroatoms. The zero-order valence-electron chi connectivity index (χ0n) is 11.9. The fraction of sp³-hybridized carbons (Fsp3) is 0.571. The van der Waals surface area contributed by atoms with E-state index in [1.54, 1.807) is 12.1 Å². The van der Waals surface area contributed by atoms with Crippen LogP contribution in [0.2, 0.25) is 0 Å². The summed E-state index contributed by atoms with van der Waals surface area (Å²) in [6.45, 7) is 3.36. The van der Waals surface area contributed by atoms with Gasteiger partial charge < -0.3 is 10.0 Å². The molecule has 1 unspecified atom stereocenters. The molecule has 1 aromatic rings. The molecule has 0 bridgehead atoms. The number of hydrogen-bond acceptors (Lipinski definition) is 4. The van der Waals surface area contributed by atoms with Crippen LogP contribution < -0.4 is 9.62 Å². The molecular weight excluding hydrogens is 276 g/mol. The number of piperidine rings is 1. The first-order valence-electron chi connectivity index (χ1n) is 6.91. The minimum absolute atomic E-state index is 0.298. The minimum Gasteiger partial charge on any atom is -0.393 e. The normalized spacial score (nSPS) is 19.1. The maximum atomic E-state index is 12.1. The quantitative estimate of drug-likeness (QED) is 0.876. The maximum absolute atomic E-state index is 12.1. The van der Waals surface area contributed by atoms with E-state index in [0.29, 0.717) is 10.8 Å². The van der Waals surface area contributed by atoms with Crippen molar-refractivity contribution in [2.24, 2.45) is 5.92 Å². The molecule has 0 spiro atoms. The smallest absolute Gasteiger partial charge is 0.242 e. The predicted octanol–water partition coefficient (Wildman–Crippen LogP) is 1.19. The van der Waals surface area contributed by atoms with Gasteiger partial charge in [0.25, 0.3) is 0 Å². The third-order valence-electron chi connectivity index (χ3n) is 3.99. The first-order chi connectivity index (χ1) is 9.45. The van der Waals surface area contributed by atoms with Crippen molar-refractivity contribution in [1.82, 2.24) is 4.72 Å². The average molecular weight is 298 g/mol. The third-order valence-corrected chi connectivity index (χ3v) is 5.45. The van der Waals surface area contributed by atoms with Crippen LogP contribution in [0.15, 0.2) is 29.2 Å². The Kier molecular flexibility index (Phi) is 4.67. The van der Waals surface area contributed by atoms with Crippen molar-refractivity contribution >= 4 is 15.7 Å². The van der Waals surface area contributed by atoms with E-state index in [1.807, 2.05) is 19.1 Å². The number of hydrogen-bond donors (Lipinski definition) is 2. The summed E-state index contributed by atoms with van der Waals surface area (Å²) in [4.78, 5) is 2.40. The lowest BCUT2D eigenvalue weighted by Gasteiger charge is -2.35. The van der Waals surface area contributed by atoms with Gasteiger partial charge in [0, 0.05) is 13.1 Å². The van der Waals surface area contributed by atoms with Crippen molar-refractivity contribution in [2.75, 3.05) is 25.0 Å². The second-order valence-electron chi connectivity index (χ2n) is 5.24. The van der Waals surface area contributed by atoms with Crippen LogP contribution in [0.1, 0.15) is 19.8 Å². The number of anilines is 1. The van der Waals surface area contributed by atoms with Crippen molar-refractivity contribution in [1.29, 1.82) is 0 Å². The lowest BCUT2D eigenvalue weighted by atomic mass is 9.92. The molecule has 5 nitrogen and oxygen atoms in total. The van der Waals surface area contributed by atoms with E-state index in [2.05, 4.69) is 9.62 Å². The monoisotopic (exact) mass is 298 g/mol. The van der Waals surface area contributed by atoms with Crippen LogP contribution >= 0.6 is 0 Å². The number of aliphatic hydroxyl groups excluding tert-OH is 1. The molecular formula is C14H22N2O3S. The van der Waals surface area contributed by atoms with Gasteiger partial charge in [-0.25, -0.2) is 13.1 Å². The van der Waals surface area contributed by atoms with E-state index >= 15 is 0 Å². The van der Waals surface area contributed by atoms with Crippen LogP contribution in [0, 0.1) is 5.92 Å². The molecule has 20 heavy (non-hydrogen) atoms. The zero-order chi connectivity index (χ0) is 14.8. The number of benzene rings is 1. The Morgan fingerprint density at radius 3 is 2.45 bits per heavy atom. The first kappa shape index (κ1) is 15.3. The number of para-hydroxylation sites is 1. The van der Waals surface area contributed by atoms with Crippen molar-refractivity contribution in [3.05, 3.63) is 24.3 Å².